The van der Waals surface area contributed by atoms with Crippen LogP contribution in [0, 0.1) is 0 Å². The van der Waals surface area contributed by atoms with Crippen LogP contribution in [-0.4, -0.2) is 16.2 Å². The van der Waals surface area contributed by atoms with Gasteiger partial charge in [0.15, 0.2) is 0 Å². The van der Waals surface area contributed by atoms with Crippen molar-refractivity contribution in [3.05, 3.63) is 79.4 Å². The summed E-state index contributed by atoms with van der Waals surface area (Å²) in [5, 5.41) is 0. The van der Waals surface area contributed by atoms with Crippen LogP contribution in [0.1, 0.15) is 12.5 Å². The summed E-state index contributed by atoms with van der Waals surface area (Å²) in [6, 6.07) is 8.20. The Morgan fingerprint density at radius 3 is 2.26 bits per heavy atom. The Labute approximate surface area is 182 Å². The average Bonchev–Trinajstić information content (AvgIpc) is 3.28. The minimum atomic E-state index is 0. The van der Waals surface area contributed by atoms with E-state index in [1.807, 2.05) is 12.1 Å². The number of ether oxygens (including phenoxy) is 1. The molecule has 1 aromatic carbocycles. The molecule has 0 aliphatic rings. The third-order valence-electron chi connectivity index (χ3n) is 4.18. The van der Waals surface area contributed by atoms with Crippen LogP contribution >= 0.6 is 0 Å². The molecule has 0 aliphatic carbocycles. The molecular weight excluding hydrogens is 472 g/mol. The molecule has 0 aliphatic heterocycles. The molecule has 0 spiro atoms. The van der Waals surface area contributed by atoms with Crippen molar-refractivity contribution >= 4 is 0 Å². The van der Waals surface area contributed by atoms with Crippen LogP contribution in [-0.2, 0) is 26.2 Å². The Morgan fingerprint density at radius 2 is 1.59 bits per heavy atom. The number of imidazole rings is 2. The number of aromatic nitrogens is 4. The van der Waals surface area contributed by atoms with E-state index in [0.717, 1.165) is 31.9 Å². The molecule has 0 unspecified atom stereocenters. The van der Waals surface area contributed by atoms with Gasteiger partial charge in [0.25, 0.3) is 0 Å². The molecule has 3 aromatic rings. The van der Waals surface area contributed by atoms with E-state index in [4.69, 9.17) is 4.74 Å². The highest BCUT2D eigenvalue weighted by molar-refractivity contribution is 5.26. The zero-order chi connectivity index (χ0) is 17.5. The average molecular weight is 498 g/mol. The second kappa shape index (κ2) is 11.8. The molecule has 0 amide bonds. The number of aryl methyl sites for hydroxylation is 1. The number of rotatable bonds is 8. The minimum Gasteiger partial charge on any atom is -1.00 e. The second-order valence-electron chi connectivity index (χ2n) is 6.04. The number of allylic oxidation sites excluding steroid dienone is 2. The number of nitrogens with zero attached hydrogens (tertiary/aromatic N) is 4. The minimum absolute atomic E-state index is 0. The van der Waals surface area contributed by atoms with Gasteiger partial charge in [-0.3, -0.25) is 0 Å². The Kier molecular flexibility index (Phi) is 10.1. The van der Waals surface area contributed by atoms with Gasteiger partial charge in [-0.2, -0.15) is 0 Å². The highest BCUT2D eigenvalue weighted by Gasteiger charge is 2.04. The molecule has 0 radical (unpaired) electrons. The Bertz CT molecular complexity index is 825. The topological polar surface area (TPSA) is 26.8 Å². The van der Waals surface area contributed by atoms with Crippen molar-refractivity contribution in [2.75, 3.05) is 7.11 Å². The van der Waals surface area contributed by atoms with E-state index >= 15 is 0 Å². The van der Waals surface area contributed by atoms with Gasteiger partial charge in [0.1, 0.15) is 50.2 Å². The highest BCUT2D eigenvalue weighted by Crippen LogP contribution is 2.10. The molecule has 27 heavy (non-hydrogen) atoms. The van der Waals surface area contributed by atoms with E-state index < -0.39 is 0 Å². The first-order valence-electron chi connectivity index (χ1n) is 8.64. The van der Waals surface area contributed by atoms with Gasteiger partial charge < -0.3 is 38.7 Å². The van der Waals surface area contributed by atoms with E-state index in [1.54, 1.807) is 7.11 Å². The summed E-state index contributed by atoms with van der Waals surface area (Å²) in [4.78, 5) is 0. The van der Waals surface area contributed by atoms with Crippen LogP contribution in [0.2, 0.25) is 0 Å². The van der Waals surface area contributed by atoms with E-state index in [-0.39, 0.29) is 34.0 Å². The number of benzene rings is 1. The van der Waals surface area contributed by atoms with Gasteiger partial charge in [-0.15, -0.1) is 0 Å². The summed E-state index contributed by atoms with van der Waals surface area (Å²) in [5.74, 6) is 0.892. The van der Waals surface area contributed by atoms with E-state index in [1.165, 1.54) is 5.56 Å². The molecule has 5 nitrogen and oxygen atoms in total. The van der Waals surface area contributed by atoms with E-state index in [0.29, 0.717) is 0 Å². The largest absolute Gasteiger partial charge is 1.00 e. The van der Waals surface area contributed by atoms with Crippen LogP contribution in [0.3, 0.4) is 0 Å². The number of hydrogen-bond donors (Lipinski definition) is 0. The van der Waals surface area contributed by atoms with Crippen molar-refractivity contribution in [3.63, 3.8) is 0 Å². The van der Waals surface area contributed by atoms with Crippen molar-refractivity contribution in [1.82, 2.24) is 9.13 Å². The van der Waals surface area contributed by atoms with Crippen LogP contribution in [0.4, 0.5) is 0 Å². The molecule has 0 saturated carbocycles. The van der Waals surface area contributed by atoms with Crippen LogP contribution < -0.4 is 47.8 Å². The fourth-order valence-corrected chi connectivity index (χ4v) is 2.71. The third-order valence-corrected chi connectivity index (χ3v) is 4.18. The molecule has 3 rings (SSSR count). The monoisotopic (exact) mass is 496 g/mol. The van der Waals surface area contributed by atoms with Crippen molar-refractivity contribution in [2.24, 2.45) is 0 Å². The fraction of sp³-hybridized carbons (Fsp3) is 0.300. The molecule has 0 bridgehead atoms. The van der Waals surface area contributed by atoms with E-state index in [2.05, 4.69) is 86.9 Å². The lowest BCUT2D eigenvalue weighted by Crippen LogP contribution is -3.00. The first kappa shape index (κ1) is 23.2. The predicted octanol–water partition coefficient (Wildman–Crippen LogP) is -3.79. The van der Waals surface area contributed by atoms with Crippen molar-refractivity contribution in [2.45, 2.75) is 33.1 Å². The molecule has 2 heterocycles. The molecule has 0 N–H and O–H groups in total. The lowest BCUT2D eigenvalue weighted by molar-refractivity contribution is -0.687. The summed E-state index contributed by atoms with van der Waals surface area (Å²) in [6.45, 7) is 5.80. The number of methoxy groups -OCH3 is 1. The predicted molar refractivity (Wildman–Crippen MR) is 96.2 cm³/mol. The van der Waals surface area contributed by atoms with Crippen molar-refractivity contribution in [3.8, 4) is 5.75 Å². The maximum absolute atomic E-state index is 5.20. The van der Waals surface area contributed by atoms with Crippen LogP contribution in [0.15, 0.2) is 73.9 Å². The molecule has 7 heteroatoms. The molecule has 2 aromatic heterocycles. The summed E-state index contributed by atoms with van der Waals surface area (Å²) in [6.07, 6.45) is 17.1. The second-order valence-corrected chi connectivity index (χ2v) is 6.04. The smallest absolute Gasteiger partial charge is 0.244 e. The molecule has 0 atom stereocenters. The van der Waals surface area contributed by atoms with Gasteiger partial charge in [0.05, 0.1) is 13.7 Å². The first-order chi connectivity index (χ1) is 12.3. The van der Waals surface area contributed by atoms with Crippen molar-refractivity contribution in [1.29, 1.82) is 0 Å². The summed E-state index contributed by atoms with van der Waals surface area (Å²) in [7, 11) is 1.69. The molecule has 146 valence electrons. The number of halogens is 2. The van der Waals surface area contributed by atoms with Crippen LogP contribution in [0.5, 0.6) is 5.75 Å². The van der Waals surface area contributed by atoms with Crippen LogP contribution in [0.25, 0.3) is 0 Å². The Morgan fingerprint density at radius 1 is 0.926 bits per heavy atom. The normalized spacial score (nSPS) is 10.4. The lowest BCUT2D eigenvalue weighted by Gasteiger charge is -2.01. The Balaban J connectivity index is 0.00000182. The zero-order valence-electron chi connectivity index (χ0n) is 15.7. The third kappa shape index (κ3) is 6.99. The van der Waals surface area contributed by atoms with Gasteiger partial charge in [-0.1, -0.05) is 12.1 Å². The summed E-state index contributed by atoms with van der Waals surface area (Å²) in [5.41, 5.74) is 1.26. The maximum Gasteiger partial charge on any atom is 0.244 e. The Hall–Kier alpha value is -1.86. The zero-order valence-corrected chi connectivity index (χ0v) is 18.9. The van der Waals surface area contributed by atoms with Gasteiger partial charge in [-0.25, -0.2) is 18.3 Å². The van der Waals surface area contributed by atoms with Gasteiger partial charge in [-0.05, 0) is 36.8 Å². The SMILES string of the molecule is CCn1cc[n+](C/C=C/Cn2cc[n+](Cc3ccc(OC)cc3)c2)c1.[Br-].[Br-]. The maximum atomic E-state index is 5.20. The standard InChI is InChI=1S/C20H26N4O.2BrH/c1-3-21-12-13-22(17-21)10-4-5-11-23-14-15-24(18-23)16-19-6-8-20(25-2)9-7-19;;/h4-9,12-15,17-18H,3,10-11,16H2,1-2H3;2*1H/q+2;;/p-2/b5-4+;;. The summed E-state index contributed by atoms with van der Waals surface area (Å²) >= 11 is 0. The highest BCUT2D eigenvalue weighted by atomic mass is 79.9. The van der Waals surface area contributed by atoms with E-state index in [9.17, 15) is 0 Å². The quantitative estimate of drug-likeness (QED) is 0.232. The van der Waals surface area contributed by atoms with Gasteiger partial charge in [0, 0.05) is 0 Å². The molecule has 0 saturated heterocycles. The molecule has 0 fully saturated rings. The number of hydrogen-bond acceptors (Lipinski definition) is 1. The van der Waals surface area contributed by atoms with Crippen molar-refractivity contribution < 1.29 is 47.8 Å². The summed E-state index contributed by atoms with van der Waals surface area (Å²) < 4.78 is 13.9. The first-order valence-corrected chi connectivity index (χ1v) is 8.64. The lowest BCUT2D eigenvalue weighted by atomic mass is 10.2. The molecular formula is C20H26Br2N4O. The fourth-order valence-electron chi connectivity index (χ4n) is 2.71. The van der Waals surface area contributed by atoms with Gasteiger partial charge in [0.2, 0.25) is 12.7 Å². The van der Waals surface area contributed by atoms with Gasteiger partial charge >= 0.3 is 0 Å².